The summed E-state index contributed by atoms with van der Waals surface area (Å²) < 4.78 is 17.5. The number of piperidine rings is 1. The molecule has 2 fully saturated rings. The van der Waals surface area contributed by atoms with E-state index in [-0.39, 0.29) is 17.7 Å². The van der Waals surface area contributed by atoms with Crippen LogP contribution in [0.3, 0.4) is 0 Å². The van der Waals surface area contributed by atoms with E-state index in [1.165, 1.54) is 0 Å². The summed E-state index contributed by atoms with van der Waals surface area (Å²) in [6, 6.07) is 3.90. The molecule has 3 unspecified atom stereocenters. The summed E-state index contributed by atoms with van der Waals surface area (Å²) in [5.74, 6) is -0.625. The summed E-state index contributed by atoms with van der Waals surface area (Å²) in [5.41, 5.74) is 1.70. The maximum atomic E-state index is 11.4. The van der Waals surface area contributed by atoms with Crippen LogP contribution >= 0.6 is 0 Å². The molecule has 5 N–H and O–H groups in total. The van der Waals surface area contributed by atoms with Gasteiger partial charge in [-0.3, -0.25) is 0 Å². The van der Waals surface area contributed by atoms with Gasteiger partial charge in [0.15, 0.2) is 17.6 Å². The van der Waals surface area contributed by atoms with Crippen LogP contribution in [0.2, 0.25) is 0 Å². The first-order valence-electron chi connectivity index (χ1n) is 11.2. The van der Waals surface area contributed by atoms with Crippen LogP contribution in [0, 0.1) is 5.92 Å². The predicted molar refractivity (Wildman–Crippen MR) is 111 cm³/mol. The number of hydrogen-bond donors (Lipinski definition) is 5. The first-order valence-corrected chi connectivity index (χ1v) is 11.2. The van der Waals surface area contributed by atoms with Crippen molar-refractivity contribution < 1.29 is 44.5 Å². The lowest BCUT2D eigenvalue weighted by Gasteiger charge is -2.56. The molecule has 5 aliphatic rings. The van der Waals surface area contributed by atoms with E-state index in [0.29, 0.717) is 5.75 Å². The number of carbonyl (C=O) groups is 1. The average Bonchev–Trinajstić information content (AvgIpc) is 3.14. The highest BCUT2D eigenvalue weighted by atomic mass is 16.7. The van der Waals surface area contributed by atoms with Gasteiger partial charge in [0.1, 0.15) is 30.5 Å². The van der Waals surface area contributed by atoms with Crippen LogP contribution in [0.1, 0.15) is 17.5 Å². The molecule has 3 aliphatic heterocycles. The van der Waals surface area contributed by atoms with Crippen molar-refractivity contribution in [2.75, 3.05) is 13.6 Å². The smallest absolute Gasteiger partial charge is 0.335 e. The van der Waals surface area contributed by atoms with E-state index >= 15 is 0 Å². The van der Waals surface area contributed by atoms with Crippen LogP contribution in [0.15, 0.2) is 24.3 Å². The van der Waals surface area contributed by atoms with Crippen molar-refractivity contribution in [1.82, 2.24) is 4.90 Å². The highest BCUT2D eigenvalue weighted by molar-refractivity contribution is 5.73. The Morgan fingerprint density at radius 1 is 1.15 bits per heavy atom. The molecule has 2 saturated heterocycles. The Kier molecular flexibility index (Phi) is 4.62. The second-order valence-corrected chi connectivity index (χ2v) is 9.76. The Bertz CT molecular complexity index is 1030. The number of aliphatic carboxylic acids is 1. The highest BCUT2D eigenvalue weighted by Gasteiger charge is 2.64. The molecular weight excluding hydrogens is 434 g/mol. The van der Waals surface area contributed by atoms with Crippen molar-refractivity contribution >= 4 is 5.97 Å². The largest absolute Gasteiger partial charge is 0.482 e. The Hall–Kier alpha value is -2.21. The van der Waals surface area contributed by atoms with E-state index in [1.54, 1.807) is 12.1 Å². The lowest BCUT2D eigenvalue weighted by atomic mass is 9.53. The molecular formula is C23H27NO9. The van der Waals surface area contributed by atoms with Gasteiger partial charge in [-0.15, -0.1) is 0 Å². The molecule has 33 heavy (non-hydrogen) atoms. The minimum atomic E-state index is -1.80. The molecule has 0 amide bonds. The van der Waals surface area contributed by atoms with Gasteiger partial charge in [0.25, 0.3) is 0 Å². The van der Waals surface area contributed by atoms with Gasteiger partial charge in [-0.1, -0.05) is 18.2 Å². The number of aliphatic hydroxyl groups excluding tert-OH is 4. The van der Waals surface area contributed by atoms with E-state index in [0.717, 1.165) is 30.5 Å². The average molecular weight is 461 g/mol. The second kappa shape index (κ2) is 7.14. The molecule has 3 heterocycles. The first-order chi connectivity index (χ1) is 15.7. The lowest BCUT2D eigenvalue weighted by molar-refractivity contribution is -0.271. The monoisotopic (exact) mass is 461 g/mol. The normalized spacial score (nSPS) is 45.3. The number of carboxylic acids is 1. The standard InChI is InChI=1S/C23H27NO9/c1-24-7-6-23-10-3-4-12(25)20(23)32-18-13(5-2-9(14(18)23)8-11(10)24)31-22-17(28)15(26)16(27)19(33-22)21(29)30/h2-5,10-12,15-17,19-20,22,25-28H,6-8H2,1H3,(H,29,30)/t10?,11?,12-,15-,16-,17+,19-,20?,22+,23-/m0/s1. The number of likely N-dealkylation sites (tertiary alicyclic amines) is 1. The first kappa shape index (κ1) is 21.3. The molecule has 2 bridgehead atoms. The zero-order chi connectivity index (χ0) is 23.2. The van der Waals surface area contributed by atoms with Gasteiger partial charge in [-0.2, -0.15) is 0 Å². The molecule has 1 spiro atoms. The minimum Gasteiger partial charge on any atom is -0.482 e. The van der Waals surface area contributed by atoms with Crippen LogP contribution in [0.5, 0.6) is 11.5 Å². The fourth-order valence-corrected chi connectivity index (χ4v) is 6.60. The second-order valence-electron chi connectivity index (χ2n) is 9.76. The number of aliphatic hydroxyl groups is 4. The van der Waals surface area contributed by atoms with Gasteiger partial charge in [0.05, 0.1) is 0 Å². The Labute approximate surface area is 189 Å². The zero-order valence-electron chi connectivity index (χ0n) is 17.9. The van der Waals surface area contributed by atoms with E-state index in [2.05, 4.69) is 18.0 Å². The number of benzene rings is 1. The van der Waals surface area contributed by atoms with Crippen molar-refractivity contribution in [2.24, 2.45) is 5.92 Å². The predicted octanol–water partition coefficient (Wildman–Crippen LogP) is -1.24. The van der Waals surface area contributed by atoms with Gasteiger partial charge < -0.3 is 44.6 Å². The lowest BCUT2D eigenvalue weighted by Crippen LogP contribution is -2.64. The number of nitrogens with zero attached hydrogens (tertiary/aromatic N) is 1. The summed E-state index contributed by atoms with van der Waals surface area (Å²) in [7, 11) is 2.12. The van der Waals surface area contributed by atoms with Crippen LogP contribution in [-0.2, 0) is 21.4 Å². The maximum absolute atomic E-state index is 11.4. The highest BCUT2D eigenvalue weighted by Crippen LogP contribution is 2.62. The molecule has 2 aliphatic carbocycles. The topological polar surface area (TPSA) is 149 Å². The maximum Gasteiger partial charge on any atom is 0.335 e. The summed E-state index contributed by atoms with van der Waals surface area (Å²) in [6.45, 7) is 0.861. The zero-order valence-corrected chi connectivity index (χ0v) is 17.9. The summed E-state index contributed by atoms with van der Waals surface area (Å²) >= 11 is 0. The number of rotatable bonds is 3. The van der Waals surface area contributed by atoms with Crippen LogP contribution in [0.4, 0.5) is 0 Å². The van der Waals surface area contributed by atoms with E-state index in [1.807, 2.05) is 6.07 Å². The van der Waals surface area contributed by atoms with Crippen molar-refractivity contribution in [3.63, 3.8) is 0 Å². The van der Waals surface area contributed by atoms with Gasteiger partial charge >= 0.3 is 5.97 Å². The molecule has 10 heteroatoms. The molecule has 0 aromatic heterocycles. The number of hydrogen-bond acceptors (Lipinski definition) is 9. The SMILES string of the molecule is CN1CC[C@]23c4c5ccc(O[C@@H]6O[C@H](C(=O)O)[C@@H](O)[C@H](O)[C@H]6O)c4OC2[C@@H](O)C=CC3C1C5. The third kappa shape index (κ3) is 2.73. The molecule has 10 atom stereocenters. The van der Waals surface area contributed by atoms with Crippen LogP contribution in [0.25, 0.3) is 0 Å². The van der Waals surface area contributed by atoms with Gasteiger partial charge in [0.2, 0.25) is 6.29 Å². The van der Waals surface area contributed by atoms with Crippen LogP contribution in [-0.4, -0.2) is 98.9 Å². The minimum absolute atomic E-state index is 0.165. The molecule has 0 saturated carbocycles. The number of carboxylic acid groups (broad SMARTS) is 1. The summed E-state index contributed by atoms with van der Waals surface area (Å²) in [4.78, 5) is 13.8. The number of ether oxygens (including phenoxy) is 3. The van der Waals surface area contributed by atoms with Gasteiger partial charge in [-0.25, -0.2) is 4.79 Å². The molecule has 1 aromatic rings. The van der Waals surface area contributed by atoms with Crippen molar-refractivity contribution in [1.29, 1.82) is 0 Å². The third-order valence-electron chi connectivity index (χ3n) is 8.19. The van der Waals surface area contributed by atoms with E-state index in [9.17, 15) is 30.3 Å². The molecule has 10 nitrogen and oxygen atoms in total. The van der Waals surface area contributed by atoms with Gasteiger partial charge in [-0.05, 0) is 38.1 Å². The molecule has 6 rings (SSSR count). The van der Waals surface area contributed by atoms with Crippen molar-refractivity contribution in [3.8, 4) is 11.5 Å². The van der Waals surface area contributed by atoms with Crippen molar-refractivity contribution in [3.05, 3.63) is 35.4 Å². The third-order valence-corrected chi connectivity index (χ3v) is 8.19. The fraction of sp³-hybridized carbons (Fsp3) is 0.609. The Morgan fingerprint density at radius 3 is 2.70 bits per heavy atom. The fourth-order valence-electron chi connectivity index (χ4n) is 6.60. The summed E-state index contributed by atoms with van der Waals surface area (Å²) in [5, 5.41) is 50.6. The molecule has 0 radical (unpaired) electrons. The molecule has 178 valence electrons. The van der Waals surface area contributed by atoms with Crippen LogP contribution < -0.4 is 9.47 Å². The number of likely N-dealkylation sites (N-methyl/N-ethyl adjacent to an activating group) is 1. The van der Waals surface area contributed by atoms with Gasteiger partial charge in [0, 0.05) is 22.9 Å². The van der Waals surface area contributed by atoms with Crippen molar-refractivity contribution in [2.45, 2.75) is 67.2 Å². The van der Waals surface area contributed by atoms with E-state index in [4.69, 9.17) is 14.2 Å². The molecule has 1 aromatic carbocycles. The summed E-state index contributed by atoms with van der Waals surface area (Å²) in [6.07, 6.45) is -4.29. The van der Waals surface area contributed by atoms with E-state index < -0.39 is 54.3 Å². The Morgan fingerprint density at radius 2 is 1.94 bits per heavy atom. The quantitative estimate of drug-likeness (QED) is 0.346. The Balaban J connectivity index is 1.41.